The molecule has 0 aliphatic carbocycles. The number of fused-ring (bicyclic) bond motifs is 3. The molecular weight excluding hydrogens is 402 g/mol. The number of hydrogen-bond donors (Lipinski definition) is 2. The minimum atomic E-state index is -0.938. The Bertz CT molecular complexity index is 1040. The summed E-state index contributed by atoms with van der Waals surface area (Å²) in [7, 11) is 0. The van der Waals surface area contributed by atoms with Gasteiger partial charge in [-0.1, -0.05) is 50.2 Å². The number of benzene rings is 2. The first kappa shape index (κ1) is 24.1. The van der Waals surface area contributed by atoms with Crippen LogP contribution in [0.4, 0.5) is 5.69 Å². The van der Waals surface area contributed by atoms with Crippen molar-refractivity contribution in [2.24, 2.45) is 5.16 Å². The average Bonchev–Trinajstić information content (AvgIpc) is 3.08. The Balaban J connectivity index is 1.74. The summed E-state index contributed by atoms with van der Waals surface area (Å²) in [6.45, 7) is 7.94. The van der Waals surface area contributed by atoms with Crippen molar-refractivity contribution in [1.29, 1.82) is 0 Å². The largest absolute Gasteiger partial charge is 0.399 e. The molecule has 1 aromatic heterocycles. The summed E-state index contributed by atoms with van der Waals surface area (Å²) in [6, 6.07) is 12.3. The van der Waals surface area contributed by atoms with Crippen molar-refractivity contribution in [3.63, 3.8) is 0 Å². The lowest BCUT2D eigenvalue weighted by Gasteiger charge is -2.09. The van der Waals surface area contributed by atoms with Crippen LogP contribution >= 0.6 is 0 Å². The van der Waals surface area contributed by atoms with Crippen LogP contribution in [0.25, 0.3) is 21.8 Å². The molecular formula is C26H37N3O3. The van der Waals surface area contributed by atoms with Crippen LogP contribution in [-0.2, 0) is 16.1 Å². The molecule has 1 unspecified atom stereocenters. The highest BCUT2D eigenvalue weighted by Crippen LogP contribution is 2.31. The first-order valence-corrected chi connectivity index (χ1v) is 11.8. The highest BCUT2D eigenvalue weighted by Gasteiger charge is 2.13. The van der Waals surface area contributed by atoms with Crippen LogP contribution in [0, 0.1) is 0 Å². The molecule has 0 bridgehead atoms. The monoisotopic (exact) mass is 439 g/mol. The fraction of sp³-hybridized carbons (Fsp3) is 0.500. The second kappa shape index (κ2) is 11.9. The van der Waals surface area contributed by atoms with Gasteiger partial charge in [-0.15, -0.1) is 0 Å². The van der Waals surface area contributed by atoms with Crippen molar-refractivity contribution in [3.05, 3.63) is 42.0 Å². The third-order valence-corrected chi connectivity index (χ3v) is 5.75. The molecule has 174 valence electrons. The van der Waals surface area contributed by atoms with E-state index in [1.54, 1.807) is 0 Å². The Morgan fingerprint density at radius 3 is 2.44 bits per heavy atom. The van der Waals surface area contributed by atoms with E-state index in [1.807, 2.05) is 25.1 Å². The quantitative estimate of drug-likeness (QED) is 0.115. The van der Waals surface area contributed by atoms with E-state index >= 15 is 0 Å². The van der Waals surface area contributed by atoms with Crippen LogP contribution in [0.5, 0.6) is 0 Å². The highest BCUT2D eigenvalue weighted by atomic mass is 16.7. The minimum Gasteiger partial charge on any atom is -0.399 e. The Labute approximate surface area is 191 Å². The SMILES string of the molecule is CCCCCCCCOCCn1c2ccc(N)cc2c2cc(/C(C)=N/OC(C)O)ccc21. The average molecular weight is 440 g/mol. The zero-order chi connectivity index (χ0) is 22.9. The molecule has 3 N–H and O–H groups in total. The van der Waals surface area contributed by atoms with E-state index in [0.29, 0.717) is 12.3 Å². The maximum absolute atomic E-state index is 9.32. The molecule has 0 radical (unpaired) electrons. The number of hydrogen-bond acceptors (Lipinski definition) is 5. The molecule has 0 aliphatic heterocycles. The molecule has 3 aromatic rings. The third kappa shape index (κ3) is 6.24. The Morgan fingerprint density at radius 2 is 1.69 bits per heavy atom. The summed E-state index contributed by atoms with van der Waals surface area (Å²) in [5, 5.41) is 15.6. The summed E-state index contributed by atoms with van der Waals surface area (Å²) in [5.41, 5.74) is 10.8. The van der Waals surface area contributed by atoms with Gasteiger partial charge in [-0.2, -0.15) is 0 Å². The molecule has 0 fully saturated rings. The second-order valence-corrected chi connectivity index (χ2v) is 8.42. The fourth-order valence-corrected chi connectivity index (χ4v) is 4.04. The summed E-state index contributed by atoms with van der Waals surface area (Å²) in [5.74, 6) is 0. The van der Waals surface area contributed by atoms with Gasteiger partial charge >= 0.3 is 0 Å². The first-order chi connectivity index (χ1) is 15.5. The molecule has 3 rings (SSSR count). The van der Waals surface area contributed by atoms with Gasteiger partial charge in [0, 0.05) is 47.6 Å². The van der Waals surface area contributed by atoms with Gasteiger partial charge in [0.25, 0.3) is 0 Å². The standard InChI is InChI=1S/C26H37N3O3/c1-4-5-6-7-8-9-15-31-16-14-29-25-12-10-21(19(2)28-32-20(3)30)17-23(25)24-18-22(27)11-13-26(24)29/h10-13,17-18,20,30H,4-9,14-16,27H2,1-3H3/b28-19+. The molecule has 0 amide bonds. The number of aliphatic hydroxyl groups excluding tert-OH is 1. The van der Waals surface area contributed by atoms with Crippen LogP contribution in [-0.4, -0.2) is 34.9 Å². The first-order valence-electron chi connectivity index (χ1n) is 11.8. The van der Waals surface area contributed by atoms with E-state index in [4.69, 9.17) is 15.3 Å². The molecule has 2 aromatic carbocycles. The Kier molecular flexibility index (Phi) is 8.94. The zero-order valence-corrected chi connectivity index (χ0v) is 19.6. The lowest BCUT2D eigenvalue weighted by Crippen LogP contribution is -2.07. The lowest BCUT2D eigenvalue weighted by molar-refractivity contribution is -0.0836. The van der Waals surface area contributed by atoms with Crippen molar-refractivity contribution in [3.8, 4) is 0 Å². The zero-order valence-electron chi connectivity index (χ0n) is 19.6. The van der Waals surface area contributed by atoms with Crippen molar-refractivity contribution in [1.82, 2.24) is 4.57 Å². The number of nitrogens with zero attached hydrogens (tertiary/aromatic N) is 2. The molecule has 6 nitrogen and oxygen atoms in total. The van der Waals surface area contributed by atoms with Gasteiger partial charge in [0.1, 0.15) is 0 Å². The molecule has 0 spiro atoms. The number of nitrogen functional groups attached to an aromatic ring is 1. The van der Waals surface area contributed by atoms with Crippen LogP contribution in [0.15, 0.2) is 41.6 Å². The Morgan fingerprint density at radius 1 is 1.00 bits per heavy atom. The van der Waals surface area contributed by atoms with Gasteiger partial charge in [-0.25, -0.2) is 0 Å². The number of oxime groups is 1. The number of aromatic nitrogens is 1. The summed E-state index contributed by atoms with van der Waals surface area (Å²) in [4.78, 5) is 5.00. The van der Waals surface area contributed by atoms with Crippen LogP contribution in [0.3, 0.4) is 0 Å². The van der Waals surface area contributed by atoms with E-state index < -0.39 is 6.29 Å². The van der Waals surface area contributed by atoms with E-state index in [2.05, 4.69) is 34.8 Å². The fourth-order valence-electron chi connectivity index (χ4n) is 4.04. The van der Waals surface area contributed by atoms with Crippen molar-refractivity contribution < 1.29 is 14.7 Å². The second-order valence-electron chi connectivity index (χ2n) is 8.42. The summed E-state index contributed by atoms with van der Waals surface area (Å²) in [6.07, 6.45) is 6.69. The van der Waals surface area contributed by atoms with Crippen LogP contribution < -0.4 is 5.73 Å². The van der Waals surface area contributed by atoms with E-state index in [1.165, 1.54) is 39.0 Å². The van der Waals surface area contributed by atoms with E-state index in [9.17, 15) is 5.11 Å². The van der Waals surface area contributed by atoms with Gasteiger partial charge < -0.3 is 25.0 Å². The van der Waals surface area contributed by atoms with Gasteiger partial charge in [0.15, 0.2) is 0 Å². The van der Waals surface area contributed by atoms with Crippen molar-refractivity contribution >= 4 is 33.2 Å². The van der Waals surface area contributed by atoms with Crippen molar-refractivity contribution in [2.75, 3.05) is 18.9 Å². The van der Waals surface area contributed by atoms with Gasteiger partial charge in [0.2, 0.25) is 6.29 Å². The van der Waals surface area contributed by atoms with Gasteiger partial charge in [0.05, 0.1) is 12.3 Å². The van der Waals surface area contributed by atoms with Crippen LogP contribution in [0.1, 0.15) is 64.9 Å². The number of unbranched alkanes of at least 4 members (excludes halogenated alkanes) is 5. The van der Waals surface area contributed by atoms with Gasteiger partial charge in [-0.3, -0.25) is 0 Å². The molecule has 0 saturated heterocycles. The number of aliphatic hydroxyl groups is 1. The molecule has 1 heterocycles. The Hall–Kier alpha value is -2.57. The maximum Gasteiger partial charge on any atom is 0.221 e. The van der Waals surface area contributed by atoms with Crippen LogP contribution in [0.2, 0.25) is 0 Å². The number of rotatable bonds is 13. The van der Waals surface area contributed by atoms with E-state index in [-0.39, 0.29) is 0 Å². The smallest absolute Gasteiger partial charge is 0.221 e. The summed E-state index contributed by atoms with van der Waals surface area (Å²) < 4.78 is 8.25. The topological polar surface area (TPSA) is 82.0 Å². The molecule has 0 aliphatic rings. The predicted octanol–water partition coefficient (Wildman–Crippen LogP) is 5.83. The number of nitrogens with two attached hydrogens (primary N) is 1. The molecule has 1 atom stereocenters. The highest BCUT2D eigenvalue weighted by molar-refractivity contribution is 6.12. The number of anilines is 1. The lowest BCUT2D eigenvalue weighted by atomic mass is 10.1. The van der Waals surface area contributed by atoms with E-state index in [0.717, 1.165) is 52.6 Å². The minimum absolute atomic E-state index is 0.683. The molecule has 0 saturated carbocycles. The molecule has 32 heavy (non-hydrogen) atoms. The summed E-state index contributed by atoms with van der Waals surface area (Å²) >= 11 is 0. The van der Waals surface area contributed by atoms with Gasteiger partial charge in [-0.05, 0) is 49.2 Å². The third-order valence-electron chi connectivity index (χ3n) is 5.75. The maximum atomic E-state index is 9.32. The predicted molar refractivity (Wildman–Crippen MR) is 133 cm³/mol. The molecule has 6 heteroatoms. The normalized spacial score (nSPS) is 13.2. The van der Waals surface area contributed by atoms with Crippen molar-refractivity contribution in [2.45, 2.75) is 72.1 Å². The number of ether oxygens (including phenoxy) is 1.